The van der Waals surface area contributed by atoms with Crippen LogP contribution in [0.1, 0.15) is 28.2 Å². The molecule has 11 nitrogen and oxygen atoms in total. The third-order valence-electron chi connectivity index (χ3n) is 5.91. The minimum absolute atomic E-state index is 0.00730. The van der Waals surface area contributed by atoms with Crippen LogP contribution >= 0.6 is 0 Å². The van der Waals surface area contributed by atoms with Crippen molar-refractivity contribution in [1.82, 2.24) is 35.2 Å². The number of ether oxygens (including phenoxy) is 2. The molecule has 5 heterocycles. The first-order valence-corrected chi connectivity index (χ1v) is 11.2. The van der Waals surface area contributed by atoms with Gasteiger partial charge >= 0.3 is 0 Å². The van der Waals surface area contributed by atoms with Crippen molar-refractivity contribution in [1.29, 1.82) is 0 Å². The number of aromatic nitrogens is 5. The SMILES string of the molecule is O=C1N[C@H]2CN(C(=O)CCc3ccncc3)C[C@@H]2OCc2cn(nn2)CCOc2cccnc21. The molecular formula is C23H25N7O4. The van der Waals surface area contributed by atoms with Gasteiger partial charge in [-0.05, 0) is 36.2 Å². The third kappa shape index (κ3) is 5.04. The predicted octanol–water partition coefficient (Wildman–Crippen LogP) is 0.619. The van der Waals surface area contributed by atoms with Crippen LogP contribution in [0, 0.1) is 0 Å². The largest absolute Gasteiger partial charge is 0.489 e. The Morgan fingerprint density at radius 1 is 1.18 bits per heavy atom. The van der Waals surface area contributed by atoms with E-state index in [4.69, 9.17) is 9.47 Å². The van der Waals surface area contributed by atoms with Gasteiger partial charge in [0.1, 0.15) is 12.3 Å². The lowest BCUT2D eigenvalue weighted by atomic mass is 10.1. The maximum absolute atomic E-state index is 13.1. The summed E-state index contributed by atoms with van der Waals surface area (Å²) in [5.74, 6) is 0.0280. The second-order valence-electron chi connectivity index (χ2n) is 8.26. The average molecular weight is 463 g/mol. The van der Waals surface area contributed by atoms with Gasteiger partial charge in [0.2, 0.25) is 5.91 Å². The van der Waals surface area contributed by atoms with E-state index in [9.17, 15) is 9.59 Å². The highest BCUT2D eigenvalue weighted by Crippen LogP contribution is 2.20. The molecule has 0 aliphatic carbocycles. The molecule has 0 saturated carbocycles. The summed E-state index contributed by atoms with van der Waals surface area (Å²) in [4.78, 5) is 36.0. The fraction of sp³-hybridized carbons (Fsp3) is 0.391. The van der Waals surface area contributed by atoms with E-state index < -0.39 is 12.1 Å². The third-order valence-corrected chi connectivity index (χ3v) is 5.91. The molecule has 3 aromatic rings. The fourth-order valence-electron chi connectivity index (χ4n) is 4.11. The second-order valence-corrected chi connectivity index (χ2v) is 8.26. The fourth-order valence-corrected chi connectivity index (χ4v) is 4.11. The Bertz CT molecular complexity index is 1150. The van der Waals surface area contributed by atoms with E-state index in [1.165, 1.54) is 0 Å². The van der Waals surface area contributed by atoms with Crippen LogP contribution in [0.2, 0.25) is 0 Å². The number of rotatable bonds is 3. The van der Waals surface area contributed by atoms with Gasteiger partial charge in [-0.1, -0.05) is 5.21 Å². The molecule has 3 aromatic heterocycles. The number of hydrogen-bond donors (Lipinski definition) is 1. The van der Waals surface area contributed by atoms with Crippen LogP contribution in [-0.4, -0.2) is 73.5 Å². The number of fused-ring (bicyclic) bond motifs is 4. The molecule has 1 N–H and O–H groups in total. The van der Waals surface area contributed by atoms with Crippen LogP contribution in [-0.2, 0) is 29.1 Å². The molecule has 11 heteroatoms. The van der Waals surface area contributed by atoms with Gasteiger partial charge in [0.15, 0.2) is 11.4 Å². The molecule has 2 amide bonds. The van der Waals surface area contributed by atoms with E-state index >= 15 is 0 Å². The molecular weight excluding hydrogens is 438 g/mol. The Morgan fingerprint density at radius 2 is 2.06 bits per heavy atom. The molecule has 0 spiro atoms. The first kappa shape index (κ1) is 22.0. The van der Waals surface area contributed by atoms with Crippen molar-refractivity contribution >= 4 is 11.8 Å². The molecule has 2 bridgehead atoms. The van der Waals surface area contributed by atoms with Gasteiger partial charge in [-0.3, -0.25) is 14.6 Å². The van der Waals surface area contributed by atoms with Crippen LogP contribution in [0.5, 0.6) is 5.75 Å². The molecule has 1 fully saturated rings. The predicted molar refractivity (Wildman–Crippen MR) is 119 cm³/mol. The maximum atomic E-state index is 13.1. The van der Waals surface area contributed by atoms with Gasteiger partial charge in [0.25, 0.3) is 5.91 Å². The highest BCUT2D eigenvalue weighted by Gasteiger charge is 2.37. The molecule has 2 aliphatic rings. The summed E-state index contributed by atoms with van der Waals surface area (Å²) >= 11 is 0. The first-order valence-electron chi connectivity index (χ1n) is 11.2. The summed E-state index contributed by atoms with van der Waals surface area (Å²) in [6.07, 6.45) is 7.38. The van der Waals surface area contributed by atoms with Crippen molar-refractivity contribution in [2.24, 2.45) is 0 Å². The number of hydrogen-bond acceptors (Lipinski definition) is 8. The zero-order valence-corrected chi connectivity index (χ0v) is 18.5. The summed E-state index contributed by atoms with van der Waals surface area (Å²) in [6.45, 7) is 1.73. The molecule has 176 valence electrons. The zero-order valence-electron chi connectivity index (χ0n) is 18.5. The van der Waals surface area contributed by atoms with Crippen molar-refractivity contribution < 1.29 is 19.1 Å². The van der Waals surface area contributed by atoms with Crippen LogP contribution in [0.4, 0.5) is 0 Å². The van der Waals surface area contributed by atoms with Crippen molar-refractivity contribution in [2.45, 2.75) is 38.1 Å². The van der Waals surface area contributed by atoms with Crippen molar-refractivity contribution in [2.75, 3.05) is 19.7 Å². The molecule has 34 heavy (non-hydrogen) atoms. The summed E-state index contributed by atoms with van der Waals surface area (Å²) in [5, 5.41) is 11.2. The zero-order chi connectivity index (χ0) is 23.3. The Morgan fingerprint density at radius 3 is 2.94 bits per heavy atom. The summed E-state index contributed by atoms with van der Waals surface area (Å²) in [5.41, 5.74) is 1.92. The molecule has 5 rings (SSSR count). The molecule has 1 saturated heterocycles. The minimum atomic E-state index is -0.398. The van der Waals surface area contributed by atoms with Gasteiger partial charge in [0, 0.05) is 38.1 Å². The molecule has 0 aromatic carbocycles. The molecule has 2 aliphatic heterocycles. The Labute approximate surface area is 196 Å². The number of nitrogens with one attached hydrogen (secondary N) is 1. The lowest BCUT2D eigenvalue weighted by Gasteiger charge is -2.20. The normalized spacial score (nSPS) is 20.5. The van der Waals surface area contributed by atoms with Gasteiger partial charge in [-0.15, -0.1) is 5.10 Å². The number of aryl methyl sites for hydroxylation is 1. The second kappa shape index (κ2) is 9.96. The van der Waals surface area contributed by atoms with E-state index in [0.717, 1.165) is 5.56 Å². The van der Waals surface area contributed by atoms with Crippen molar-refractivity contribution in [3.8, 4) is 5.75 Å². The highest BCUT2D eigenvalue weighted by atomic mass is 16.5. The summed E-state index contributed by atoms with van der Waals surface area (Å²) in [7, 11) is 0. The number of carbonyl (C=O) groups excluding carboxylic acids is 2. The van der Waals surface area contributed by atoms with Crippen molar-refractivity contribution in [3.05, 3.63) is 66.0 Å². The van der Waals surface area contributed by atoms with Crippen LogP contribution < -0.4 is 10.1 Å². The van der Waals surface area contributed by atoms with Gasteiger partial charge in [-0.2, -0.15) is 0 Å². The van der Waals surface area contributed by atoms with Crippen LogP contribution in [0.25, 0.3) is 0 Å². The lowest BCUT2D eigenvalue weighted by molar-refractivity contribution is -0.130. The molecule has 0 unspecified atom stereocenters. The van der Waals surface area contributed by atoms with Crippen LogP contribution in [0.15, 0.2) is 49.1 Å². The van der Waals surface area contributed by atoms with Gasteiger partial charge in [-0.25, -0.2) is 9.67 Å². The standard InChI is InChI=1S/C23H25N7O4/c31-21(4-3-16-5-8-24-9-6-16)29-13-18-20(14-29)34-15-17-12-30(28-27-17)10-11-33-19-2-1-7-25-22(19)23(32)26-18/h1-2,5-9,12,18,20H,3-4,10-11,13-15H2,(H,26,32)/t18-,20-/m0/s1. The highest BCUT2D eigenvalue weighted by molar-refractivity contribution is 5.95. The molecule has 2 atom stereocenters. The van der Waals surface area contributed by atoms with E-state index in [2.05, 4.69) is 25.6 Å². The quantitative estimate of drug-likeness (QED) is 0.600. The van der Waals surface area contributed by atoms with E-state index in [0.29, 0.717) is 50.5 Å². The van der Waals surface area contributed by atoms with Crippen molar-refractivity contribution in [3.63, 3.8) is 0 Å². The smallest absolute Gasteiger partial charge is 0.274 e. The average Bonchev–Trinajstić information content (AvgIpc) is 3.48. The maximum Gasteiger partial charge on any atom is 0.274 e. The minimum Gasteiger partial charge on any atom is -0.489 e. The number of pyridine rings is 2. The molecule has 0 radical (unpaired) electrons. The number of carbonyl (C=O) groups is 2. The van der Waals surface area contributed by atoms with Gasteiger partial charge in [0.05, 0.1) is 31.5 Å². The number of likely N-dealkylation sites (tertiary alicyclic amines) is 1. The Hall–Kier alpha value is -3.86. The summed E-state index contributed by atoms with van der Waals surface area (Å²) < 4.78 is 13.6. The van der Waals surface area contributed by atoms with E-state index in [1.54, 1.807) is 46.5 Å². The summed E-state index contributed by atoms with van der Waals surface area (Å²) in [6, 6.07) is 6.83. The number of amides is 2. The monoisotopic (exact) mass is 463 g/mol. The van der Waals surface area contributed by atoms with E-state index in [-0.39, 0.29) is 24.1 Å². The number of nitrogens with zero attached hydrogens (tertiary/aromatic N) is 6. The van der Waals surface area contributed by atoms with E-state index in [1.807, 2.05) is 12.1 Å². The lowest BCUT2D eigenvalue weighted by Crippen LogP contribution is -2.44. The Balaban J connectivity index is 1.33. The topological polar surface area (TPSA) is 124 Å². The van der Waals surface area contributed by atoms with Gasteiger partial charge < -0.3 is 19.7 Å². The Kier molecular flexibility index (Phi) is 6.43. The first-order chi connectivity index (χ1) is 16.7. The van der Waals surface area contributed by atoms with Crippen LogP contribution in [0.3, 0.4) is 0 Å².